The highest BCUT2D eigenvalue weighted by Crippen LogP contribution is 2.25. The zero-order valence-electron chi connectivity index (χ0n) is 16.8. The highest BCUT2D eigenvalue weighted by molar-refractivity contribution is 7.15. The van der Waals surface area contributed by atoms with Crippen LogP contribution in [0, 0.1) is 11.3 Å². The second-order valence-corrected chi connectivity index (χ2v) is 9.35. The minimum atomic E-state index is -0.377. The largest absolute Gasteiger partial charge is 0.342 e. The van der Waals surface area contributed by atoms with Gasteiger partial charge in [0.05, 0.1) is 0 Å². The Morgan fingerprint density at radius 1 is 1.11 bits per heavy atom. The number of benzene rings is 1. The van der Waals surface area contributed by atoms with E-state index in [9.17, 15) is 9.59 Å². The molecule has 1 aromatic carbocycles. The highest BCUT2D eigenvalue weighted by Gasteiger charge is 2.32. The first kappa shape index (κ1) is 20.5. The summed E-state index contributed by atoms with van der Waals surface area (Å²) in [5, 5.41) is 12.7. The van der Waals surface area contributed by atoms with Crippen molar-refractivity contribution in [1.82, 2.24) is 15.1 Å². The van der Waals surface area contributed by atoms with E-state index in [0.717, 1.165) is 17.8 Å². The van der Waals surface area contributed by atoms with Crippen LogP contribution in [0.1, 0.15) is 44.2 Å². The molecule has 0 unspecified atom stereocenters. The first-order valence-corrected chi connectivity index (χ1v) is 10.6. The number of nitrogens with one attached hydrogen (secondary N) is 1. The molecule has 6 nitrogen and oxygen atoms in total. The van der Waals surface area contributed by atoms with Crippen LogP contribution in [-0.2, 0) is 22.4 Å². The van der Waals surface area contributed by atoms with Crippen LogP contribution in [0.2, 0.25) is 0 Å². The number of anilines is 1. The van der Waals surface area contributed by atoms with E-state index in [0.29, 0.717) is 31.1 Å². The van der Waals surface area contributed by atoms with Gasteiger partial charge in [-0.1, -0.05) is 62.4 Å². The third-order valence-corrected chi connectivity index (χ3v) is 5.86. The van der Waals surface area contributed by atoms with Crippen molar-refractivity contribution in [3.63, 3.8) is 0 Å². The second-order valence-electron chi connectivity index (χ2n) is 8.29. The van der Waals surface area contributed by atoms with E-state index in [1.54, 1.807) is 0 Å². The van der Waals surface area contributed by atoms with Gasteiger partial charge in [-0.25, -0.2) is 0 Å². The zero-order valence-corrected chi connectivity index (χ0v) is 17.6. The number of hydrogen-bond donors (Lipinski definition) is 1. The molecular formula is C21H28N4O2S. The van der Waals surface area contributed by atoms with Crippen molar-refractivity contribution in [2.75, 3.05) is 18.4 Å². The predicted molar refractivity (Wildman–Crippen MR) is 111 cm³/mol. The minimum absolute atomic E-state index is 0.0198. The number of aryl methyl sites for hydroxylation is 2. The number of hydrogen-bond acceptors (Lipinski definition) is 5. The minimum Gasteiger partial charge on any atom is -0.342 e. The van der Waals surface area contributed by atoms with E-state index in [2.05, 4.69) is 27.6 Å². The molecule has 0 saturated carbocycles. The molecule has 1 saturated heterocycles. The van der Waals surface area contributed by atoms with Crippen LogP contribution in [0.5, 0.6) is 0 Å². The normalized spacial score (nSPS) is 15.5. The number of piperidine rings is 1. The van der Waals surface area contributed by atoms with Crippen molar-refractivity contribution in [2.45, 2.75) is 46.5 Å². The fourth-order valence-corrected chi connectivity index (χ4v) is 4.07. The molecule has 1 fully saturated rings. The zero-order chi connectivity index (χ0) is 20.1. The summed E-state index contributed by atoms with van der Waals surface area (Å²) in [6.07, 6.45) is 3.09. The van der Waals surface area contributed by atoms with Gasteiger partial charge in [-0.3, -0.25) is 9.59 Å². The Labute approximate surface area is 170 Å². The van der Waals surface area contributed by atoms with Gasteiger partial charge in [-0.2, -0.15) is 0 Å². The van der Waals surface area contributed by atoms with Gasteiger partial charge in [0.2, 0.25) is 16.9 Å². The Bertz CT molecular complexity index is 805. The number of aromatic nitrogens is 2. The molecule has 0 bridgehead atoms. The van der Waals surface area contributed by atoms with Crippen LogP contribution < -0.4 is 5.32 Å². The molecule has 0 radical (unpaired) electrons. The Hall–Kier alpha value is -2.28. The van der Waals surface area contributed by atoms with Crippen molar-refractivity contribution in [2.24, 2.45) is 11.3 Å². The van der Waals surface area contributed by atoms with Crippen LogP contribution in [0.25, 0.3) is 0 Å². The van der Waals surface area contributed by atoms with E-state index in [1.165, 1.54) is 16.9 Å². The molecule has 0 spiro atoms. The molecule has 0 atom stereocenters. The first-order chi connectivity index (χ1) is 13.3. The smallest absolute Gasteiger partial charge is 0.229 e. The molecule has 0 aliphatic carbocycles. The summed E-state index contributed by atoms with van der Waals surface area (Å²) in [6.45, 7) is 7.05. The third kappa shape index (κ3) is 5.38. The third-order valence-electron chi connectivity index (χ3n) is 4.96. The van der Waals surface area contributed by atoms with Crippen LogP contribution >= 0.6 is 11.3 Å². The number of nitrogens with zero attached hydrogens (tertiary/aromatic N) is 3. The lowest BCUT2D eigenvalue weighted by Crippen LogP contribution is -2.45. The van der Waals surface area contributed by atoms with Gasteiger partial charge < -0.3 is 10.2 Å². The van der Waals surface area contributed by atoms with E-state index in [4.69, 9.17) is 0 Å². The van der Waals surface area contributed by atoms with E-state index in [-0.39, 0.29) is 23.1 Å². The SMILES string of the molecule is CC(C)(C)C(=O)N1CCC(C(=O)Nc2nnc(CCc3ccccc3)s2)CC1. The molecule has 2 aromatic rings. The molecule has 2 amide bonds. The van der Waals surface area contributed by atoms with Gasteiger partial charge in [0.15, 0.2) is 0 Å². The van der Waals surface area contributed by atoms with Gasteiger partial charge in [0.1, 0.15) is 5.01 Å². The Morgan fingerprint density at radius 3 is 2.43 bits per heavy atom. The molecule has 1 aromatic heterocycles. The monoisotopic (exact) mass is 400 g/mol. The van der Waals surface area contributed by atoms with Crippen molar-refractivity contribution < 1.29 is 9.59 Å². The average Bonchev–Trinajstić information content (AvgIpc) is 3.13. The standard InChI is InChI=1S/C21H28N4O2S/c1-21(2,3)19(27)25-13-11-16(12-14-25)18(26)22-20-24-23-17(28-20)10-9-15-7-5-4-6-8-15/h4-8,16H,9-14H2,1-3H3,(H,22,24,26). The number of rotatable bonds is 5. The number of likely N-dealkylation sites (tertiary alicyclic amines) is 1. The maximum atomic E-state index is 12.6. The molecule has 3 rings (SSSR count). The predicted octanol–water partition coefficient (Wildman–Crippen LogP) is 3.55. The first-order valence-electron chi connectivity index (χ1n) is 9.79. The molecule has 2 heterocycles. The fourth-order valence-electron chi connectivity index (χ4n) is 3.33. The van der Waals surface area contributed by atoms with Gasteiger partial charge in [-0.05, 0) is 24.8 Å². The average molecular weight is 401 g/mol. The molecule has 28 heavy (non-hydrogen) atoms. The van der Waals surface area contributed by atoms with Gasteiger partial charge >= 0.3 is 0 Å². The summed E-state index contributed by atoms with van der Waals surface area (Å²) in [7, 11) is 0. The van der Waals surface area contributed by atoms with Crippen molar-refractivity contribution in [3.05, 3.63) is 40.9 Å². The van der Waals surface area contributed by atoms with Crippen LogP contribution in [-0.4, -0.2) is 40.0 Å². The molecule has 1 aliphatic heterocycles. The maximum absolute atomic E-state index is 12.6. The van der Waals surface area contributed by atoms with Crippen LogP contribution in [0.15, 0.2) is 30.3 Å². The summed E-state index contributed by atoms with van der Waals surface area (Å²) >= 11 is 1.43. The van der Waals surface area contributed by atoms with Gasteiger partial charge in [-0.15, -0.1) is 10.2 Å². The summed E-state index contributed by atoms with van der Waals surface area (Å²) < 4.78 is 0. The lowest BCUT2D eigenvalue weighted by molar-refractivity contribution is -0.142. The quantitative estimate of drug-likeness (QED) is 0.833. The van der Waals surface area contributed by atoms with E-state index >= 15 is 0 Å². The summed E-state index contributed by atoms with van der Waals surface area (Å²) in [5.74, 6) is 0.0489. The van der Waals surface area contributed by atoms with E-state index in [1.807, 2.05) is 43.9 Å². The second kappa shape index (κ2) is 8.82. The van der Waals surface area contributed by atoms with Gasteiger partial charge in [0.25, 0.3) is 0 Å². The molecule has 1 aliphatic rings. The fraction of sp³-hybridized carbons (Fsp3) is 0.524. The van der Waals surface area contributed by atoms with Crippen molar-refractivity contribution in [1.29, 1.82) is 0 Å². The number of carbonyl (C=O) groups excluding carboxylic acids is 2. The summed E-state index contributed by atoms with van der Waals surface area (Å²) in [6, 6.07) is 10.3. The van der Waals surface area contributed by atoms with Crippen molar-refractivity contribution in [3.8, 4) is 0 Å². The molecule has 150 valence electrons. The van der Waals surface area contributed by atoms with Crippen LogP contribution in [0.4, 0.5) is 5.13 Å². The lowest BCUT2D eigenvalue weighted by atomic mass is 9.91. The number of amides is 2. The van der Waals surface area contributed by atoms with E-state index < -0.39 is 0 Å². The topological polar surface area (TPSA) is 75.2 Å². The Balaban J connectivity index is 1.47. The summed E-state index contributed by atoms with van der Waals surface area (Å²) in [4.78, 5) is 26.8. The molecular weight excluding hydrogens is 372 g/mol. The lowest BCUT2D eigenvalue weighted by Gasteiger charge is -2.35. The molecule has 7 heteroatoms. The van der Waals surface area contributed by atoms with Crippen molar-refractivity contribution >= 4 is 28.3 Å². The van der Waals surface area contributed by atoms with Gasteiger partial charge in [0, 0.05) is 30.8 Å². The Kier molecular flexibility index (Phi) is 6.44. The summed E-state index contributed by atoms with van der Waals surface area (Å²) in [5.41, 5.74) is 0.887. The maximum Gasteiger partial charge on any atom is 0.229 e. The Morgan fingerprint density at radius 2 is 1.79 bits per heavy atom. The highest BCUT2D eigenvalue weighted by atomic mass is 32.1. The molecule has 1 N–H and O–H groups in total. The number of carbonyl (C=O) groups is 2. The van der Waals surface area contributed by atoms with Crippen LogP contribution in [0.3, 0.4) is 0 Å².